The summed E-state index contributed by atoms with van der Waals surface area (Å²) in [5.74, 6) is 0.587. The van der Waals surface area contributed by atoms with E-state index in [4.69, 9.17) is 4.74 Å². The third-order valence-electron chi connectivity index (χ3n) is 3.34. The molecule has 0 saturated carbocycles. The van der Waals surface area contributed by atoms with E-state index in [0.717, 1.165) is 29.0 Å². The Morgan fingerprint density at radius 1 is 1.20 bits per heavy atom. The first kappa shape index (κ1) is 14.4. The summed E-state index contributed by atoms with van der Waals surface area (Å²) in [7, 11) is 1.65. The highest BCUT2D eigenvalue weighted by atomic mass is 19.1. The zero-order valence-corrected chi connectivity index (χ0v) is 12.1. The van der Waals surface area contributed by atoms with Gasteiger partial charge in [-0.3, -0.25) is 0 Å². The molecule has 2 aromatic rings. The van der Waals surface area contributed by atoms with Crippen molar-refractivity contribution in [2.45, 2.75) is 26.3 Å². The van der Waals surface area contributed by atoms with Gasteiger partial charge in [-0.1, -0.05) is 25.1 Å². The van der Waals surface area contributed by atoms with E-state index in [0.29, 0.717) is 0 Å². The predicted molar refractivity (Wildman–Crippen MR) is 80.8 cm³/mol. The van der Waals surface area contributed by atoms with E-state index in [1.807, 2.05) is 31.2 Å². The van der Waals surface area contributed by atoms with Gasteiger partial charge in [0.05, 0.1) is 18.8 Å². The summed E-state index contributed by atoms with van der Waals surface area (Å²) in [4.78, 5) is 0. The zero-order chi connectivity index (χ0) is 14.5. The molecule has 0 aliphatic rings. The minimum atomic E-state index is -0.209. The Morgan fingerprint density at radius 3 is 2.65 bits per heavy atom. The molecule has 106 valence electrons. The van der Waals surface area contributed by atoms with Crippen molar-refractivity contribution in [3.8, 4) is 5.75 Å². The van der Waals surface area contributed by atoms with Crippen molar-refractivity contribution in [2.24, 2.45) is 0 Å². The molecule has 0 amide bonds. The van der Waals surface area contributed by atoms with Gasteiger partial charge in [0.2, 0.25) is 0 Å². The topological polar surface area (TPSA) is 21.3 Å². The largest absolute Gasteiger partial charge is 0.495 e. The summed E-state index contributed by atoms with van der Waals surface area (Å²) in [6.45, 7) is 4.11. The van der Waals surface area contributed by atoms with Crippen molar-refractivity contribution in [3.05, 3.63) is 59.4 Å². The summed E-state index contributed by atoms with van der Waals surface area (Å²) in [5.41, 5.74) is 3.03. The van der Waals surface area contributed by atoms with Gasteiger partial charge in [0.25, 0.3) is 0 Å². The molecule has 0 spiro atoms. The van der Waals surface area contributed by atoms with Crippen molar-refractivity contribution in [3.63, 3.8) is 0 Å². The summed E-state index contributed by atoms with van der Waals surface area (Å²) < 4.78 is 18.7. The molecular formula is C17H20FNO. The normalized spacial score (nSPS) is 12.0. The maximum atomic E-state index is 13.4. The van der Waals surface area contributed by atoms with Crippen LogP contribution in [0.5, 0.6) is 5.75 Å². The standard InChI is InChI=1S/C17H20FNO/c1-4-15(13-6-5-7-14(18)11-13)19-16-10-12(2)8-9-17(16)20-3/h5-11,15,19H,4H2,1-3H3. The number of halogens is 1. The SMILES string of the molecule is CCC(Nc1cc(C)ccc1OC)c1cccc(F)c1. The van der Waals surface area contributed by atoms with Crippen LogP contribution in [0.15, 0.2) is 42.5 Å². The maximum absolute atomic E-state index is 13.4. The lowest BCUT2D eigenvalue weighted by molar-refractivity contribution is 0.416. The van der Waals surface area contributed by atoms with Gasteiger partial charge in [-0.05, 0) is 48.7 Å². The fourth-order valence-electron chi connectivity index (χ4n) is 2.27. The van der Waals surface area contributed by atoms with Crippen LogP contribution in [0.25, 0.3) is 0 Å². The molecule has 1 N–H and O–H groups in total. The van der Waals surface area contributed by atoms with Gasteiger partial charge in [-0.25, -0.2) is 4.39 Å². The fourth-order valence-corrected chi connectivity index (χ4v) is 2.27. The van der Waals surface area contributed by atoms with Gasteiger partial charge in [0.15, 0.2) is 0 Å². The molecule has 0 aliphatic heterocycles. The second kappa shape index (κ2) is 6.42. The van der Waals surface area contributed by atoms with E-state index in [9.17, 15) is 4.39 Å². The predicted octanol–water partition coefficient (Wildman–Crippen LogP) is 4.71. The molecule has 2 aromatic carbocycles. The van der Waals surface area contributed by atoms with Crippen molar-refractivity contribution in [1.82, 2.24) is 0 Å². The summed E-state index contributed by atoms with van der Waals surface area (Å²) in [6, 6.07) is 12.8. The molecule has 1 unspecified atom stereocenters. The van der Waals surface area contributed by atoms with E-state index < -0.39 is 0 Å². The van der Waals surface area contributed by atoms with Gasteiger partial charge in [0, 0.05) is 0 Å². The number of methoxy groups -OCH3 is 1. The Labute approximate surface area is 119 Å². The second-order valence-corrected chi connectivity index (χ2v) is 4.86. The highest BCUT2D eigenvalue weighted by Crippen LogP contribution is 2.30. The Morgan fingerprint density at radius 2 is 2.00 bits per heavy atom. The van der Waals surface area contributed by atoms with Crippen LogP contribution in [0, 0.1) is 12.7 Å². The van der Waals surface area contributed by atoms with Crippen LogP contribution in [0.2, 0.25) is 0 Å². The number of hydrogen-bond donors (Lipinski definition) is 1. The lowest BCUT2D eigenvalue weighted by Gasteiger charge is -2.21. The first-order valence-corrected chi connectivity index (χ1v) is 6.80. The maximum Gasteiger partial charge on any atom is 0.141 e. The first-order chi connectivity index (χ1) is 9.63. The number of rotatable bonds is 5. The minimum Gasteiger partial charge on any atom is -0.495 e. The molecule has 0 saturated heterocycles. The first-order valence-electron chi connectivity index (χ1n) is 6.80. The van der Waals surface area contributed by atoms with Crippen molar-refractivity contribution < 1.29 is 9.13 Å². The van der Waals surface area contributed by atoms with Crippen LogP contribution in [-0.2, 0) is 0 Å². The van der Waals surface area contributed by atoms with Crippen LogP contribution < -0.4 is 10.1 Å². The molecule has 2 nitrogen and oxygen atoms in total. The molecule has 20 heavy (non-hydrogen) atoms. The van der Waals surface area contributed by atoms with Gasteiger partial charge in [-0.15, -0.1) is 0 Å². The van der Waals surface area contributed by atoms with E-state index >= 15 is 0 Å². The zero-order valence-electron chi connectivity index (χ0n) is 12.1. The molecule has 2 rings (SSSR count). The lowest BCUT2D eigenvalue weighted by atomic mass is 10.0. The van der Waals surface area contributed by atoms with Crippen molar-refractivity contribution >= 4 is 5.69 Å². The van der Waals surface area contributed by atoms with Gasteiger partial charge in [-0.2, -0.15) is 0 Å². The Balaban J connectivity index is 2.28. The summed E-state index contributed by atoms with van der Waals surface area (Å²) >= 11 is 0. The smallest absolute Gasteiger partial charge is 0.141 e. The molecule has 1 atom stereocenters. The molecule has 0 bridgehead atoms. The van der Waals surface area contributed by atoms with Crippen LogP contribution in [-0.4, -0.2) is 7.11 Å². The van der Waals surface area contributed by atoms with Crippen molar-refractivity contribution in [1.29, 1.82) is 0 Å². The molecule has 0 aliphatic carbocycles. The van der Waals surface area contributed by atoms with Crippen LogP contribution in [0.3, 0.4) is 0 Å². The summed E-state index contributed by atoms with van der Waals surface area (Å²) in [6.07, 6.45) is 0.862. The fraction of sp³-hybridized carbons (Fsp3) is 0.294. The number of ether oxygens (including phenoxy) is 1. The Kier molecular flexibility index (Phi) is 4.61. The van der Waals surface area contributed by atoms with E-state index in [2.05, 4.69) is 12.2 Å². The van der Waals surface area contributed by atoms with Crippen LogP contribution >= 0.6 is 0 Å². The second-order valence-electron chi connectivity index (χ2n) is 4.86. The van der Waals surface area contributed by atoms with Crippen LogP contribution in [0.1, 0.15) is 30.5 Å². The quantitative estimate of drug-likeness (QED) is 0.852. The van der Waals surface area contributed by atoms with Gasteiger partial charge in [0.1, 0.15) is 11.6 Å². The Bertz CT molecular complexity index is 583. The van der Waals surface area contributed by atoms with Crippen molar-refractivity contribution in [2.75, 3.05) is 12.4 Å². The molecule has 0 aromatic heterocycles. The number of aryl methyl sites for hydroxylation is 1. The number of hydrogen-bond acceptors (Lipinski definition) is 2. The van der Waals surface area contributed by atoms with E-state index in [1.165, 1.54) is 6.07 Å². The highest BCUT2D eigenvalue weighted by Gasteiger charge is 2.12. The number of anilines is 1. The average molecular weight is 273 g/mol. The van der Waals surface area contributed by atoms with Crippen LogP contribution in [0.4, 0.5) is 10.1 Å². The van der Waals surface area contributed by atoms with E-state index in [-0.39, 0.29) is 11.9 Å². The number of nitrogens with one attached hydrogen (secondary N) is 1. The monoisotopic (exact) mass is 273 g/mol. The minimum absolute atomic E-state index is 0.0569. The lowest BCUT2D eigenvalue weighted by Crippen LogP contribution is -2.11. The van der Waals surface area contributed by atoms with Gasteiger partial charge >= 0.3 is 0 Å². The Hall–Kier alpha value is -2.03. The molecule has 0 radical (unpaired) electrons. The molecule has 0 heterocycles. The highest BCUT2D eigenvalue weighted by molar-refractivity contribution is 5.59. The third kappa shape index (κ3) is 3.29. The summed E-state index contributed by atoms with van der Waals surface area (Å²) in [5, 5.41) is 3.44. The average Bonchev–Trinajstić information content (AvgIpc) is 2.45. The molecule has 3 heteroatoms. The van der Waals surface area contributed by atoms with E-state index in [1.54, 1.807) is 19.2 Å². The van der Waals surface area contributed by atoms with Gasteiger partial charge < -0.3 is 10.1 Å². The number of benzene rings is 2. The molecular weight excluding hydrogens is 253 g/mol. The molecule has 0 fully saturated rings. The third-order valence-corrected chi connectivity index (χ3v) is 3.34.